The third-order valence-corrected chi connectivity index (χ3v) is 6.20. The molecule has 0 aliphatic carbocycles. The van der Waals surface area contributed by atoms with Crippen molar-refractivity contribution in [1.82, 2.24) is 14.5 Å². The van der Waals surface area contributed by atoms with Gasteiger partial charge in [-0.05, 0) is 50.3 Å². The maximum Gasteiger partial charge on any atom is 0.161 e. The van der Waals surface area contributed by atoms with Gasteiger partial charge in [-0.1, -0.05) is 6.07 Å². The lowest BCUT2D eigenvalue weighted by atomic mass is 9.85. The van der Waals surface area contributed by atoms with Gasteiger partial charge < -0.3 is 19.1 Å². The first-order valence-corrected chi connectivity index (χ1v) is 9.68. The van der Waals surface area contributed by atoms with Crippen molar-refractivity contribution in [2.75, 3.05) is 14.2 Å². The van der Waals surface area contributed by atoms with Crippen LogP contribution < -0.4 is 9.47 Å². The summed E-state index contributed by atoms with van der Waals surface area (Å²) < 4.78 is 12.9. The number of rotatable bonds is 6. The average Bonchev–Trinajstić information content (AvgIpc) is 3.15. The van der Waals surface area contributed by atoms with E-state index >= 15 is 0 Å². The van der Waals surface area contributed by atoms with Gasteiger partial charge in [0.05, 0.1) is 26.4 Å². The third kappa shape index (κ3) is 3.56. The van der Waals surface area contributed by atoms with Crippen LogP contribution in [0.1, 0.15) is 37.1 Å². The molecule has 27 heavy (non-hydrogen) atoms. The fraction of sp³-hybridized carbons (Fsp3) is 0.571. The summed E-state index contributed by atoms with van der Waals surface area (Å²) in [7, 11) is 3.33. The molecule has 1 aromatic carbocycles. The zero-order chi connectivity index (χ0) is 19.0. The molecule has 2 atom stereocenters. The van der Waals surface area contributed by atoms with Crippen molar-refractivity contribution in [3.05, 3.63) is 42.0 Å². The van der Waals surface area contributed by atoms with Gasteiger partial charge in [-0.15, -0.1) is 0 Å². The Morgan fingerprint density at radius 3 is 2.44 bits per heavy atom. The lowest BCUT2D eigenvalue weighted by Crippen LogP contribution is -2.52. The first-order chi connectivity index (χ1) is 13.0. The number of aromatic nitrogens is 2. The molecule has 2 fully saturated rings. The van der Waals surface area contributed by atoms with Crippen LogP contribution in [-0.4, -0.2) is 51.5 Å². The van der Waals surface area contributed by atoms with Gasteiger partial charge in [-0.3, -0.25) is 4.90 Å². The topological polar surface area (TPSA) is 59.8 Å². The van der Waals surface area contributed by atoms with Crippen molar-refractivity contribution in [3.63, 3.8) is 0 Å². The fourth-order valence-electron chi connectivity index (χ4n) is 4.88. The van der Waals surface area contributed by atoms with Gasteiger partial charge >= 0.3 is 0 Å². The number of imidazole rings is 1. The Balaban J connectivity index is 1.47. The molecule has 0 spiro atoms. The molecule has 2 unspecified atom stereocenters. The van der Waals surface area contributed by atoms with Crippen LogP contribution in [0.3, 0.4) is 0 Å². The summed E-state index contributed by atoms with van der Waals surface area (Å²) in [5, 5.41) is 11.3. The van der Waals surface area contributed by atoms with E-state index in [-0.39, 0.29) is 0 Å². The molecule has 2 aliphatic rings. The van der Waals surface area contributed by atoms with Crippen molar-refractivity contribution in [2.24, 2.45) is 0 Å². The maximum atomic E-state index is 11.3. The van der Waals surface area contributed by atoms with Crippen LogP contribution in [0.5, 0.6) is 11.5 Å². The smallest absolute Gasteiger partial charge is 0.161 e. The van der Waals surface area contributed by atoms with Gasteiger partial charge in [0.25, 0.3) is 0 Å². The summed E-state index contributed by atoms with van der Waals surface area (Å²) >= 11 is 0. The Hall–Kier alpha value is -2.05. The molecule has 2 saturated heterocycles. The molecular weight excluding hydrogens is 342 g/mol. The fourth-order valence-corrected chi connectivity index (χ4v) is 4.88. The van der Waals surface area contributed by atoms with E-state index in [1.165, 1.54) is 5.56 Å². The lowest BCUT2D eigenvalue weighted by molar-refractivity contribution is -0.0654. The number of piperidine rings is 1. The molecule has 0 saturated carbocycles. The lowest BCUT2D eigenvalue weighted by Gasteiger charge is -2.44. The second-order valence-electron chi connectivity index (χ2n) is 7.98. The standard InChI is InChI=1S/C21H29N3O3/c1-15-22-8-9-23(15)14-21(25)11-17-5-6-18(12-21)24(17)13-16-4-7-19(26-2)20(10-16)27-3/h4,7-10,17-18,25H,5-6,11-14H2,1-3H3. The Labute approximate surface area is 160 Å². The van der Waals surface area contributed by atoms with Gasteiger partial charge in [0.15, 0.2) is 11.5 Å². The van der Waals surface area contributed by atoms with Crippen LogP contribution >= 0.6 is 0 Å². The molecule has 2 bridgehead atoms. The van der Waals surface area contributed by atoms with E-state index in [4.69, 9.17) is 9.47 Å². The van der Waals surface area contributed by atoms with E-state index in [1.807, 2.05) is 19.2 Å². The molecule has 1 N–H and O–H groups in total. The minimum Gasteiger partial charge on any atom is -0.493 e. The summed E-state index contributed by atoms with van der Waals surface area (Å²) in [6.07, 6.45) is 7.71. The van der Waals surface area contributed by atoms with E-state index in [0.29, 0.717) is 18.6 Å². The summed E-state index contributed by atoms with van der Waals surface area (Å²) in [6, 6.07) is 6.99. The van der Waals surface area contributed by atoms with Gasteiger partial charge in [0, 0.05) is 31.0 Å². The number of aryl methyl sites for hydroxylation is 1. The first-order valence-electron chi connectivity index (χ1n) is 9.68. The van der Waals surface area contributed by atoms with Gasteiger partial charge in [-0.2, -0.15) is 0 Å². The molecule has 0 radical (unpaired) electrons. The van der Waals surface area contributed by atoms with Crippen molar-refractivity contribution < 1.29 is 14.6 Å². The number of methoxy groups -OCH3 is 2. The number of aliphatic hydroxyl groups is 1. The van der Waals surface area contributed by atoms with Crippen LogP contribution in [0.25, 0.3) is 0 Å². The highest BCUT2D eigenvalue weighted by atomic mass is 16.5. The summed E-state index contributed by atoms with van der Waals surface area (Å²) in [5.74, 6) is 2.49. The van der Waals surface area contributed by atoms with Crippen LogP contribution in [-0.2, 0) is 13.1 Å². The summed E-state index contributed by atoms with van der Waals surface area (Å²) in [5.41, 5.74) is 0.575. The molecule has 0 amide bonds. The average molecular weight is 371 g/mol. The number of fused-ring (bicyclic) bond motifs is 2. The molecular formula is C21H29N3O3. The molecule has 2 aliphatic heterocycles. The largest absolute Gasteiger partial charge is 0.493 e. The number of hydrogen-bond acceptors (Lipinski definition) is 5. The van der Waals surface area contributed by atoms with Crippen LogP contribution in [0, 0.1) is 6.92 Å². The zero-order valence-corrected chi connectivity index (χ0v) is 16.4. The van der Waals surface area contributed by atoms with Gasteiger partial charge in [0.2, 0.25) is 0 Å². The highest BCUT2D eigenvalue weighted by Gasteiger charge is 2.47. The SMILES string of the molecule is COc1ccc(CN2C3CCC2CC(O)(Cn2ccnc2C)C3)cc1OC. The van der Waals surface area contributed by atoms with E-state index in [0.717, 1.165) is 49.6 Å². The summed E-state index contributed by atoms with van der Waals surface area (Å²) in [4.78, 5) is 6.85. The number of benzene rings is 1. The minimum absolute atomic E-state index is 0.422. The van der Waals surface area contributed by atoms with E-state index in [2.05, 4.69) is 26.6 Å². The molecule has 146 valence electrons. The Morgan fingerprint density at radius 1 is 1.15 bits per heavy atom. The molecule has 6 nitrogen and oxygen atoms in total. The number of ether oxygens (including phenoxy) is 2. The van der Waals surface area contributed by atoms with Crippen molar-refractivity contribution in [3.8, 4) is 11.5 Å². The second-order valence-corrected chi connectivity index (χ2v) is 7.98. The minimum atomic E-state index is -0.647. The van der Waals surface area contributed by atoms with E-state index in [9.17, 15) is 5.11 Å². The highest BCUT2D eigenvalue weighted by molar-refractivity contribution is 5.43. The summed E-state index contributed by atoms with van der Waals surface area (Å²) in [6.45, 7) is 3.51. The Morgan fingerprint density at radius 2 is 1.85 bits per heavy atom. The molecule has 6 heteroatoms. The number of hydrogen-bond donors (Lipinski definition) is 1. The molecule has 1 aromatic heterocycles. The second kappa shape index (κ2) is 7.17. The Bertz CT molecular complexity index is 790. The molecule has 2 aromatic rings. The van der Waals surface area contributed by atoms with Crippen LogP contribution in [0.15, 0.2) is 30.6 Å². The predicted molar refractivity (Wildman–Crippen MR) is 103 cm³/mol. The van der Waals surface area contributed by atoms with Crippen LogP contribution in [0.2, 0.25) is 0 Å². The third-order valence-electron chi connectivity index (χ3n) is 6.20. The molecule has 4 rings (SSSR count). The van der Waals surface area contributed by atoms with Crippen molar-refractivity contribution >= 4 is 0 Å². The monoisotopic (exact) mass is 371 g/mol. The maximum absolute atomic E-state index is 11.3. The quantitative estimate of drug-likeness (QED) is 0.846. The Kier molecular flexibility index (Phi) is 4.86. The predicted octanol–water partition coefficient (Wildman–Crippen LogP) is 2.77. The van der Waals surface area contributed by atoms with Crippen molar-refractivity contribution in [2.45, 2.75) is 63.4 Å². The van der Waals surface area contributed by atoms with E-state index in [1.54, 1.807) is 20.4 Å². The first kappa shape index (κ1) is 18.3. The highest BCUT2D eigenvalue weighted by Crippen LogP contribution is 2.42. The van der Waals surface area contributed by atoms with E-state index < -0.39 is 5.60 Å². The molecule has 3 heterocycles. The number of nitrogens with zero attached hydrogens (tertiary/aromatic N) is 3. The van der Waals surface area contributed by atoms with Crippen LogP contribution in [0.4, 0.5) is 0 Å². The zero-order valence-electron chi connectivity index (χ0n) is 16.4. The van der Waals surface area contributed by atoms with Gasteiger partial charge in [0.1, 0.15) is 5.82 Å². The van der Waals surface area contributed by atoms with Crippen molar-refractivity contribution in [1.29, 1.82) is 0 Å². The normalized spacial score (nSPS) is 27.7. The van der Waals surface area contributed by atoms with Gasteiger partial charge in [-0.25, -0.2) is 4.98 Å².